The van der Waals surface area contributed by atoms with Crippen molar-refractivity contribution in [2.45, 2.75) is 13.8 Å². The minimum absolute atomic E-state index is 0.233. The predicted octanol–water partition coefficient (Wildman–Crippen LogP) is 4.15. The first-order valence-corrected chi connectivity index (χ1v) is 10.8. The van der Waals surface area contributed by atoms with E-state index in [0.29, 0.717) is 4.91 Å². The number of benzene rings is 1. The normalized spacial score (nSPS) is 18.5. The molecule has 0 aliphatic carbocycles. The Kier molecular flexibility index (Phi) is 5.83. The Morgan fingerprint density at radius 1 is 1.10 bits per heavy atom. The van der Waals surface area contributed by atoms with Crippen molar-refractivity contribution in [3.63, 3.8) is 0 Å². The van der Waals surface area contributed by atoms with Crippen molar-refractivity contribution >= 4 is 34.7 Å². The third-order valence-electron chi connectivity index (χ3n) is 5.43. The first-order chi connectivity index (χ1) is 14.5. The van der Waals surface area contributed by atoms with Crippen LogP contribution in [0, 0.1) is 13.8 Å². The van der Waals surface area contributed by atoms with Gasteiger partial charge >= 0.3 is 0 Å². The highest BCUT2D eigenvalue weighted by Gasteiger charge is 2.34. The number of amides is 2. The number of imide groups is 1. The number of carbonyl (C=O) groups is 2. The molecule has 3 heterocycles. The molecular formula is C23H25N3O3S. The number of anilines is 1. The van der Waals surface area contributed by atoms with Crippen molar-refractivity contribution < 1.29 is 14.3 Å². The highest BCUT2D eigenvalue weighted by atomic mass is 32.2. The quantitative estimate of drug-likeness (QED) is 0.534. The summed E-state index contributed by atoms with van der Waals surface area (Å²) in [5.74, 6) is -0.260. The molecule has 0 spiro atoms. The van der Waals surface area contributed by atoms with E-state index in [1.807, 2.05) is 26.0 Å². The molecule has 4 rings (SSSR count). The van der Waals surface area contributed by atoms with E-state index in [0.717, 1.165) is 60.7 Å². The van der Waals surface area contributed by atoms with Gasteiger partial charge in [0, 0.05) is 42.4 Å². The predicted molar refractivity (Wildman–Crippen MR) is 121 cm³/mol. The summed E-state index contributed by atoms with van der Waals surface area (Å²) in [6.07, 6.45) is 3.38. The maximum Gasteiger partial charge on any atom is 0.293 e. The van der Waals surface area contributed by atoms with Crippen molar-refractivity contribution in [1.82, 2.24) is 9.47 Å². The van der Waals surface area contributed by atoms with E-state index in [-0.39, 0.29) is 17.7 Å². The zero-order valence-corrected chi connectivity index (χ0v) is 18.1. The van der Waals surface area contributed by atoms with E-state index >= 15 is 0 Å². The minimum Gasteiger partial charge on any atom is -0.378 e. The molecule has 7 heteroatoms. The lowest BCUT2D eigenvalue weighted by atomic mass is 10.2. The maximum atomic E-state index is 12.5. The van der Waals surface area contributed by atoms with E-state index in [4.69, 9.17) is 4.74 Å². The Morgan fingerprint density at radius 2 is 1.77 bits per heavy atom. The van der Waals surface area contributed by atoms with Crippen LogP contribution in [0.15, 0.2) is 47.9 Å². The molecule has 156 valence electrons. The van der Waals surface area contributed by atoms with Crippen LogP contribution in [0.2, 0.25) is 0 Å². The van der Waals surface area contributed by atoms with Crippen LogP contribution < -0.4 is 4.90 Å². The largest absolute Gasteiger partial charge is 0.378 e. The highest BCUT2D eigenvalue weighted by Crippen LogP contribution is 2.33. The Labute approximate surface area is 180 Å². The maximum absolute atomic E-state index is 12.5. The van der Waals surface area contributed by atoms with Gasteiger partial charge in [0.2, 0.25) is 0 Å². The number of carbonyl (C=O) groups excluding carboxylic acids is 2. The van der Waals surface area contributed by atoms with Gasteiger partial charge in [-0.2, -0.15) is 0 Å². The van der Waals surface area contributed by atoms with E-state index in [2.05, 4.69) is 40.3 Å². The molecule has 2 aromatic rings. The average Bonchev–Trinajstić information content (AvgIpc) is 3.18. The number of rotatable bonds is 5. The number of aromatic nitrogens is 1. The number of hydrogen-bond acceptors (Lipinski definition) is 5. The molecule has 1 aromatic heterocycles. The molecular weight excluding hydrogens is 398 g/mol. The summed E-state index contributed by atoms with van der Waals surface area (Å²) in [7, 11) is 0. The highest BCUT2D eigenvalue weighted by molar-refractivity contribution is 8.18. The molecule has 0 radical (unpaired) electrons. The molecule has 2 saturated heterocycles. The van der Waals surface area contributed by atoms with E-state index in [1.165, 1.54) is 10.6 Å². The second-order valence-corrected chi connectivity index (χ2v) is 8.35. The SMILES string of the molecule is C=CCN1C(=O)S/C(=C\c2cc(C)n(-c3ccc(N4CCOCC4)cc3)c2C)C1=O. The van der Waals surface area contributed by atoms with Crippen LogP contribution in [0.25, 0.3) is 11.8 Å². The van der Waals surface area contributed by atoms with Gasteiger partial charge < -0.3 is 14.2 Å². The molecule has 1 aromatic carbocycles. The van der Waals surface area contributed by atoms with Crippen LogP contribution in [0.3, 0.4) is 0 Å². The van der Waals surface area contributed by atoms with Gasteiger partial charge in [0.1, 0.15) is 0 Å². The van der Waals surface area contributed by atoms with Crippen molar-refractivity contribution in [2.24, 2.45) is 0 Å². The van der Waals surface area contributed by atoms with Crippen LogP contribution in [0.5, 0.6) is 0 Å². The second kappa shape index (κ2) is 8.53. The lowest BCUT2D eigenvalue weighted by molar-refractivity contribution is -0.122. The van der Waals surface area contributed by atoms with Crippen LogP contribution >= 0.6 is 11.8 Å². The summed E-state index contributed by atoms with van der Waals surface area (Å²) in [5.41, 5.74) is 5.31. The molecule has 0 bridgehead atoms. The van der Waals surface area contributed by atoms with E-state index in [1.54, 1.807) is 6.08 Å². The van der Waals surface area contributed by atoms with Gasteiger partial charge in [-0.15, -0.1) is 6.58 Å². The Morgan fingerprint density at radius 3 is 2.43 bits per heavy atom. The van der Waals surface area contributed by atoms with Gasteiger partial charge in [-0.05, 0) is 67.6 Å². The molecule has 0 N–H and O–H groups in total. The Bertz CT molecular complexity index is 1020. The molecule has 2 aliphatic rings. The van der Waals surface area contributed by atoms with Gasteiger partial charge in [0.05, 0.1) is 18.1 Å². The summed E-state index contributed by atoms with van der Waals surface area (Å²) in [4.78, 5) is 28.6. The number of hydrogen-bond donors (Lipinski definition) is 0. The third-order valence-corrected chi connectivity index (χ3v) is 6.33. The smallest absolute Gasteiger partial charge is 0.293 e. The Balaban J connectivity index is 1.60. The van der Waals surface area contributed by atoms with Crippen LogP contribution in [-0.2, 0) is 9.53 Å². The van der Waals surface area contributed by atoms with Crippen LogP contribution in [0.1, 0.15) is 17.0 Å². The standard InChI is InChI=1S/C23H25N3O3S/c1-4-9-25-22(27)21(30-23(25)28)15-18-14-16(2)26(17(18)3)20-7-5-19(6-8-20)24-10-12-29-13-11-24/h4-8,14-15H,1,9-13H2,2-3H3/b21-15-. The lowest BCUT2D eigenvalue weighted by Crippen LogP contribution is -2.36. The molecule has 0 saturated carbocycles. The fraction of sp³-hybridized carbons (Fsp3) is 0.304. The van der Waals surface area contributed by atoms with Crippen LogP contribution in [0.4, 0.5) is 10.5 Å². The van der Waals surface area contributed by atoms with E-state index < -0.39 is 0 Å². The minimum atomic E-state index is -0.260. The summed E-state index contributed by atoms with van der Waals surface area (Å²) >= 11 is 0.980. The van der Waals surface area contributed by atoms with Gasteiger partial charge in [0.15, 0.2) is 0 Å². The molecule has 0 atom stereocenters. The van der Waals surface area contributed by atoms with Gasteiger partial charge in [-0.25, -0.2) is 0 Å². The van der Waals surface area contributed by atoms with Crippen molar-refractivity contribution in [1.29, 1.82) is 0 Å². The van der Waals surface area contributed by atoms with Gasteiger partial charge in [-0.1, -0.05) is 6.08 Å². The second-order valence-electron chi connectivity index (χ2n) is 7.36. The third kappa shape index (κ3) is 3.82. The number of ether oxygens (including phenoxy) is 1. The molecule has 2 aliphatic heterocycles. The fourth-order valence-electron chi connectivity index (χ4n) is 3.89. The number of aryl methyl sites for hydroxylation is 1. The summed E-state index contributed by atoms with van der Waals surface area (Å²) in [6.45, 7) is 11.3. The molecule has 6 nitrogen and oxygen atoms in total. The monoisotopic (exact) mass is 423 g/mol. The average molecular weight is 424 g/mol. The molecule has 2 fully saturated rings. The van der Waals surface area contributed by atoms with E-state index in [9.17, 15) is 9.59 Å². The lowest BCUT2D eigenvalue weighted by Gasteiger charge is -2.29. The molecule has 2 amide bonds. The first-order valence-electron chi connectivity index (χ1n) is 9.98. The zero-order valence-electron chi connectivity index (χ0n) is 17.3. The van der Waals surface area contributed by atoms with Crippen LogP contribution in [-0.4, -0.2) is 53.5 Å². The van der Waals surface area contributed by atoms with Crippen molar-refractivity contribution in [2.75, 3.05) is 37.7 Å². The molecule has 0 unspecified atom stereocenters. The zero-order chi connectivity index (χ0) is 21.3. The Hall–Kier alpha value is -2.77. The fourth-order valence-corrected chi connectivity index (χ4v) is 4.73. The number of morpholine rings is 1. The molecule has 30 heavy (non-hydrogen) atoms. The number of nitrogens with zero attached hydrogens (tertiary/aromatic N) is 3. The van der Waals surface area contributed by atoms with Gasteiger partial charge in [-0.3, -0.25) is 14.5 Å². The van der Waals surface area contributed by atoms with Gasteiger partial charge in [0.25, 0.3) is 11.1 Å². The summed E-state index contributed by atoms with van der Waals surface area (Å²) in [6, 6.07) is 10.6. The first kappa shape index (κ1) is 20.5. The topological polar surface area (TPSA) is 54.8 Å². The number of thioether (sulfide) groups is 1. The van der Waals surface area contributed by atoms with Crippen molar-refractivity contribution in [3.8, 4) is 5.69 Å². The summed E-state index contributed by atoms with van der Waals surface area (Å²) < 4.78 is 7.60. The van der Waals surface area contributed by atoms with Crippen molar-refractivity contribution in [3.05, 3.63) is 64.8 Å². The summed E-state index contributed by atoms with van der Waals surface area (Å²) in [5, 5.41) is -0.251.